The van der Waals surface area contributed by atoms with E-state index in [0.717, 1.165) is 25.7 Å². The van der Waals surface area contributed by atoms with E-state index in [4.69, 9.17) is 14.2 Å². The molecule has 4 N–H and O–H groups in total. The van der Waals surface area contributed by atoms with E-state index in [1.54, 1.807) is 0 Å². The topological polar surface area (TPSA) is 160 Å². The minimum Gasteiger partial charge on any atom is -0.481 e. The van der Waals surface area contributed by atoms with Gasteiger partial charge in [0, 0.05) is 24.9 Å². The standard InChI is InChI=1S/C43H78N2O9/c1-6-8-10-12-14-16-18-20-22-24-26-38(42(48)49)30-40(46)44-35(3)32-52-28-29-54-37(5)34-53-33-36(4)45-41(47)31-39(43(50)51)27-25-23-21-19-17-15-13-11-9-7-2/h22-25,35-39H,6-21,26-34H2,1-5H3,(H,44,46)(H,45,47)(H,48,49)(H,50,51)/b24-22+,25-23+. The summed E-state index contributed by atoms with van der Waals surface area (Å²) in [7, 11) is 0. The van der Waals surface area contributed by atoms with Gasteiger partial charge in [-0.05, 0) is 59.3 Å². The lowest BCUT2D eigenvalue weighted by Gasteiger charge is -2.19. The van der Waals surface area contributed by atoms with Crippen molar-refractivity contribution in [1.82, 2.24) is 10.6 Å². The van der Waals surface area contributed by atoms with Crippen molar-refractivity contribution in [2.24, 2.45) is 11.8 Å². The van der Waals surface area contributed by atoms with Gasteiger partial charge >= 0.3 is 11.9 Å². The molecule has 0 rings (SSSR count). The molecule has 2 amide bonds. The van der Waals surface area contributed by atoms with Crippen molar-refractivity contribution in [1.29, 1.82) is 0 Å². The van der Waals surface area contributed by atoms with Gasteiger partial charge < -0.3 is 35.1 Å². The molecule has 0 aromatic rings. The van der Waals surface area contributed by atoms with Crippen molar-refractivity contribution in [3.05, 3.63) is 24.3 Å². The second-order valence-electron chi connectivity index (χ2n) is 14.9. The molecular weight excluding hydrogens is 688 g/mol. The highest BCUT2D eigenvalue weighted by Crippen LogP contribution is 2.14. The number of carbonyl (C=O) groups excluding carboxylic acids is 2. The number of amides is 2. The number of nitrogens with one attached hydrogen (secondary N) is 2. The Bertz CT molecular complexity index is 1020. The van der Waals surface area contributed by atoms with Crippen molar-refractivity contribution in [3.8, 4) is 0 Å². The van der Waals surface area contributed by atoms with Gasteiger partial charge in [0.2, 0.25) is 11.8 Å². The fraction of sp³-hybridized carbons (Fsp3) is 0.814. The number of carbonyl (C=O) groups is 4. The number of hydrogen-bond donors (Lipinski definition) is 4. The van der Waals surface area contributed by atoms with Gasteiger partial charge in [0.1, 0.15) is 0 Å². The van der Waals surface area contributed by atoms with Crippen molar-refractivity contribution in [2.45, 2.75) is 181 Å². The summed E-state index contributed by atoms with van der Waals surface area (Å²) in [6, 6.07) is -0.562. The highest BCUT2D eigenvalue weighted by molar-refractivity contribution is 5.83. The first-order valence-electron chi connectivity index (χ1n) is 21.1. The molecule has 0 radical (unpaired) electrons. The first-order valence-corrected chi connectivity index (χ1v) is 21.1. The van der Waals surface area contributed by atoms with Crippen LogP contribution >= 0.6 is 0 Å². The maximum absolute atomic E-state index is 12.5. The van der Waals surface area contributed by atoms with Gasteiger partial charge in [-0.2, -0.15) is 0 Å². The molecule has 5 unspecified atom stereocenters. The van der Waals surface area contributed by atoms with Crippen LogP contribution < -0.4 is 10.6 Å². The molecular formula is C43H78N2O9. The molecule has 0 aromatic carbocycles. The molecule has 11 heteroatoms. The van der Waals surface area contributed by atoms with Crippen LogP contribution in [0.1, 0.15) is 163 Å². The Kier molecular flexibility index (Phi) is 34.1. The lowest BCUT2D eigenvalue weighted by Crippen LogP contribution is -2.38. The second kappa shape index (κ2) is 35.9. The van der Waals surface area contributed by atoms with Crippen LogP contribution in [0.5, 0.6) is 0 Å². The first-order chi connectivity index (χ1) is 26.0. The van der Waals surface area contributed by atoms with Crippen LogP contribution in [0.15, 0.2) is 24.3 Å². The maximum Gasteiger partial charge on any atom is 0.307 e. The van der Waals surface area contributed by atoms with E-state index < -0.39 is 23.8 Å². The molecule has 0 aliphatic carbocycles. The molecule has 314 valence electrons. The van der Waals surface area contributed by atoms with Gasteiger partial charge in [-0.15, -0.1) is 0 Å². The fourth-order valence-electron chi connectivity index (χ4n) is 5.96. The number of carboxylic acid groups (broad SMARTS) is 2. The van der Waals surface area contributed by atoms with Crippen LogP contribution in [0, 0.1) is 11.8 Å². The third-order valence-corrected chi connectivity index (χ3v) is 9.22. The Morgan fingerprint density at radius 3 is 1.37 bits per heavy atom. The molecule has 0 spiro atoms. The molecule has 54 heavy (non-hydrogen) atoms. The quantitative estimate of drug-likeness (QED) is 0.0356. The molecule has 11 nitrogen and oxygen atoms in total. The minimum absolute atomic E-state index is 0.0791. The van der Waals surface area contributed by atoms with Crippen molar-refractivity contribution < 1.29 is 43.6 Å². The van der Waals surface area contributed by atoms with Gasteiger partial charge in [-0.3, -0.25) is 19.2 Å². The molecule has 0 fully saturated rings. The summed E-state index contributed by atoms with van der Waals surface area (Å²) in [5.41, 5.74) is 0. The molecule has 0 aliphatic rings. The Morgan fingerprint density at radius 2 is 0.944 bits per heavy atom. The first kappa shape index (κ1) is 51.2. The molecule has 5 atom stereocenters. The number of carboxylic acids is 2. The number of allylic oxidation sites excluding steroid dienone is 4. The molecule has 0 aromatic heterocycles. The Labute approximate surface area is 327 Å². The third-order valence-electron chi connectivity index (χ3n) is 9.22. The summed E-state index contributed by atoms with van der Waals surface area (Å²) in [5, 5.41) is 24.8. The summed E-state index contributed by atoms with van der Waals surface area (Å²) in [4.78, 5) is 48.4. The summed E-state index contributed by atoms with van der Waals surface area (Å²) in [6.07, 6.45) is 27.3. The monoisotopic (exact) mass is 767 g/mol. The number of rotatable bonds is 38. The molecule has 0 bridgehead atoms. The van der Waals surface area contributed by atoms with Gasteiger partial charge in [0.05, 0.1) is 51.0 Å². The van der Waals surface area contributed by atoms with Crippen molar-refractivity contribution >= 4 is 23.8 Å². The van der Waals surface area contributed by atoms with E-state index >= 15 is 0 Å². The zero-order valence-electron chi connectivity index (χ0n) is 34.6. The predicted molar refractivity (Wildman–Crippen MR) is 216 cm³/mol. The van der Waals surface area contributed by atoms with E-state index in [1.165, 1.54) is 77.0 Å². The Hall–Kier alpha value is -2.76. The number of ether oxygens (including phenoxy) is 3. The maximum atomic E-state index is 12.5. The predicted octanol–water partition coefficient (Wildman–Crippen LogP) is 8.79. The Balaban J connectivity index is 4.09. The van der Waals surface area contributed by atoms with Crippen LogP contribution in [0.4, 0.5) is 0 Å². The molecule has 0 aliphatic heterocycles. The zero-order valence-corrected chi connectivity index (χ0v) is 34.6. The number of unbranched alkanes of at least 4 members (excludes halogenated alkanes) is 14. The SMILES string of the molecule is CCCCCCCCC/C=C/CC(CC(=O)NC(C)COCCOC(C)COCC(C)NC(=O)CC(C/C=C/CCCCCCCCC)C(=O)O)C(=O)O. The van der Waals surface area contributed by atoms with Gasteiger partial charge in [0.25, 0.3) is 0 Å². The number of aliphatic carboxylic acids is 2. The third kappa shape index (κ3) is 32.7. The Morgan fingerprint density at radius 1 is 0.537 bits per heavy atom. The smallest absolute Gasteiger partial charge is 0.307 e. The molecule has 0 saturated carbocycles. The summed E-state index contributed by atoms with van der Waals surface area (Å²) in [6.45, 7) is 11.4. The number of hydrogen-bond acceptors (Lipinski definition) is 7. The zero-order chi connectivity index (χ0) is 40.2. The summed E-state index contributed by atoms with van der Waals surface area (Å²) < 4.78 is 17.1. The van der Waals surface area contributed by atoms with E-state index in [0.29, 0.717) is 32.7 Å². The van der Waals surface area contributed by atoms with Gasteiger partial charge in [-0.1, -0.05) is 115 Å². The normalized spacial score (nSPS) is 14.5. The van der Waals surface area contributed by atoms with Crippen LogP contribution in [-0.2, 0) is 33.4 Å². The average Bonchev–Trinajstić information content (AvgIpc) is 3.11. The van der Waals surface area contributed by atoms with Crippen molar-refractivity contribution in [3.63, 3.8) is 0 Å². The fourth-order valence-corrected chi connectivity index (χ4v) is 5.96. The van der Waals surface area contributed by atoms with Gasteiger partial charge in [-0.25, -0.2) is 0 Å². The van der Waals surface area contributed by atoms with Gasteiger partial charge in [0.15, 0.2) is 0 Å². The second-order valence-corrected chi connectivity index (χ2v) is 14.9. The van der Waals surface area contributed by atoms with E-state index in [9.17, 15) is 29.4 Å². The highest BCUT2D eigenvalue weighted by Gasteiger charge is 2.22. The van der Waals surface area contributed by atoms with E-state index in [1.807, 2.05) is 45.1 Å². The van der Waals surface area contributed by atoms with E-state index in [2.05, 4.69) is 24.5 Å². The van der Waals surface area contributed by atoms with E-state index in [-0.39, 0.29) is 56.1 Å². The average molecular weight is 767 g/mol. The lowest BCUT2D eigenvalue weighted by molar-refractivity contribution is -0.144. The van der Waals surface area contributed by atoms with Crippen LogP contribution in [0.3, 0.4) is 0 Å². The van der Waals surface area contributed by atoms with Crippen molar-refractivity contribution in [2.75, 3.05) is 33.0 Å². The van der Waals surface area contributed by atoms with Crippen LogP contribution in [0.2, 0.25) is 0 Å². The summed E-state index contributed by atoms with van der Waals surface area (Å²) >= 11 is 0. The lowest BCUT2D eigenvalue weighted by atomic mass is 10.00. The van der Waals surface area contributed by atoms with Crippen LogP contribution in [-0.4, -0.2) is 85.2 Å². The summed E-state index contributed by atoms with van der Waals surface area (Å²) in [5.74, 6) is -4.08. The molecule has 0 saturated heterocycles. The highest BCUT2D eigenvalue weighted by atomic mass is 16.5. The molecule has 0 heterocycles. The van der Waals surface area contributed by atoms with Crippen LogP contribution in [0.25, 0.3) is 0 Å². The largest absolute Gasteiger partial charge is 0.481 e. The minimum atomic E-state index is -0.972.